The zero-order valence-electron chi connectivity index (χ0n) is 16.8. The number of nitrogens with one attached hydrogen (secondary N) is 1. The number of aliphatic imine (C=N–C) groups is 1. The van der Waals surface area contributed by atoms with Crippen molar-refractivity contribution in [3.8, 4) is 0 Å². The molecule has 11 heteroatoms. The van der Waals surface area contributed by atoms with E-state index < -0.39 is 24.1 Å². The summed E-state index contributed by atoms with van der Waals surface area (Å²) in [5.74, 6) is 0.110. The third-order valence-electron chi connectivity index (χ3n) is 5.67. The van der Waals surface area contributed by atoms with Gasteiger partial charge in [-0.3, -0.25) is 4.68 Å². The Hall–Kier alpha value is -2.11. The van der Waals surface area contributed by atoms with Gasteiger partial charge in [0.05, 0.1) is 25.5 Å². The molecule has 3 heterocycles. The lowest BCUT2D eigenvalue weighted by atomic mass is 9.74. The Morgan fingerprint density at radius 1 is 1.39 bits per heavy atom. The van der Waals surface area contributed by atoms with Gasteiger partial charge < -0.3 is 15.8 Å². The normalized spacial score (nSPS) is 26.4. The van der Waals surface area contributed by atoms with Crippen LogP contribution in [0.2, 0.25) is 0 Å². The van der Waals surface area contributed by atoms with E-state index in [0.717, 1.165) is 5.56 Å². The summed E-state index contributed by atoms with van der Waals surface area (Å²) in [5.41, 5.74) is 6.78. The number of nitrogens with two attached hydrogens (primary N) is 1. The van der Waals surface area contributed by atoms with E-state index in [1.54, 1.807) is 16.9 Å². The lowest BCUT2D eigenvalue weighted by Crippen LogP contribution is -2.48. The molecule has 0 aliphatic carbocycles. The second-order valence-corrected chi connectivity index (χ2v) is 8.94. The molecule has 0 bridgehead atoms. The molecule has 2 aromatic rings. The van der Waals surface area contributed by atoms with Gasteiger partial charge in [-0.1, -0.05) is 17.8 Å². The van der Waals surface area contributed by atoms with Crippen LogP contribution >= 0.6 is 11.8 Å². The quantitative estimate of drug-likeness (QED) is 0.674. The van der Waals surface area contributed by atoms with Gasteiger partial charge >= 0.3 is 6.18 Å². The lowest BCUT2D eigenvalue weighted by molar-refractivity contribution is -0.125. The number of aryl methyl sites for hydroxylation is 1. The van der Waals surface area contributed by atoms with Gasteiger partial charge in [0.2, 0.25) is 0 Å². The number of thioether (sulfide) groups is 1. The van der Waals surface area contributed by atoms with Gasteiger partial charge in [-0.2, -0.15) is 18.3 Å². The van der Waals surface area contributed by atoms with Gasteiger partial charge in [0.25, 0.3) is 0 Å². The summed E-state index contributed by atoms with van der Waals surface area (Å²) >= 11 is 1.42. The van der Waals surface area contributed by atoms with Crippen molar-refractivity contribution in [1.29, 1.82) is 0 Å². The van der Waals surface area contributed by atoms with E-state index in [9.17, 15) is 17.6 Å². The summed E-state index contributed by atoms with van der Waals surface area (Å²) in [4.78, 5) is 4.63. The van der Waals surface area contributed by atoms with Gasteiger partial charge in [0, 0.05) is 42.6 Å². The number of hydrogen-bond acceptors (Lipinski definition) is 6. The van der Waals surface area contributed by atoms with E-state index in [1.165, 1.54) is 23.9 Å². The molecule has 2 aliphatic heterocycles. The minimum atomic E-state index is -4.31. The molecule has 4 rings (SSSR count). The molecule has 3 atom stereocenters. The molecule has 0 unspecified atom stereocenters. The first-order chi connectivity index (χ1) is 14.7. The van der Waals surface area contributed by atoms with Crippen molar-refractivity contribution >= 4 is 16.9 Å². The minimum Gasteiger partial charge on any atom is -0.379 e. The number of alkyl halides is 3. The monoisotopic (exact) mass is 457 g/mol. The van der Waals surface area contributed by atoms with Crippen molar-refractivity contribution in [1.82, 2.24) is 15.1 Å². The van der Waals surface area contributed by atoms with Crippen LogP contribution in [0.4, 0.5) is 17.6 Å². The molecular formula is C20H23F4N5OS. The zero-order chi connectivity index (χ0) is 22.2. The first-order valence-electron chi connectivity index (χ1n) is 9.81. The van der Waals surface area contributed by atoms with E-state index in [1.807, 2.05) is 13.2 Å². The van der Waals surface area contributed by atoms with Crippen molar-refractivity contribution in [2.24, 2.45) is 23.7 Å². The number of hydrogen-bond donors (Lipinski definition) is 2. The number of rotatable bonds is 5. The molecule has 0 saturated carbocycles. The molecule has 168 valence electrons. The number of halogens is 4. The van der Waals surface area contributed by atoms with Crippen LogP contribution in [0.15, 0.2) is 35.6 Å². The van der Waals surface area contributed by atoms with E-state index in [2.05, 4.69) is 15.4 Å². The first-order valence-corrected chi connectivity index (χ1v) is 10.8. The van der Waals surface area contributed by atoms with Crippen molar-refractivity contribution in [3.05, 3.63) is 53.1 Å². The molecule has 1 saturated heterocycles. The largest absolute Gasteiger partial charge is 0.401 e. The van der Waals surface area contributed by atoms with Crippen LogP contribution in [0.1, 0.15) is 29.2 Å². The third-order valence-corrected chi connectivity index (χ3v) is 6.63. The summed E-state index contributed by atoms with van der Waals surface area (Å²) in [6.45, 7) is -1.04. The van der Waals surface area contributed by atoms with Crippen LogP contribution in [0.25, 0.3) is 0 Å². The van der Waals surface area contributed by atoms with Crippen molar-refractivity contribution in [2.45, 2.75) is 30.8 Å². The van der Waals surface area contributed by atoms with Gasteiger partial charge in [0.1, 0.15) is 11.4 Å². The van der Waals surface area contributed by atoms with Crippen LogP contribution < -0.4 is 11.1 Å². The van der Waals surface area contributed by atoms with Crippen LogP contribution in [0.3, 0.4) is 0 Å². The highest BCUT2D eigenvalue weighted by atomic mass is 32.2. The van der Waals surface area contributed by atoms with Gasteiger partial charge in [-0.15, -0.1) is 0 Å². The maximum Gasteiger partial charge on any atom is 0.401 e. The van der Waals surface area contributed by atoms with E-state index in [-0.39, 0.29) is 25.2 Å². The Labute approximate surface area is 181 Å². The standard InChI is InChI=1S/C20H23F4N5OS/c1-29-8-13(7-27-29)17-5-14-9-31-18(25)28-19(14,11-30-17)15-4-12(2-3-16(15)21)6-26-10-20(22,23)24/h2-4,7-8,14,17,26H,5-6,9-11H2,1H3,(H2,25,28)/t14-,17+,19-/m0/s1. The van der Waals surface area contributed by atoms with Crippen LogP contribution in [-0.4, -0.2) is 40.0 Å². The fourth-order valence-electron chi connectivity index (χ4n) is 4.17. The number of ether oxygens (including phenoxy) is 1. The SMILES string of the molecule is Cn1cc([C@H]2C[C@H]3CSC(N)=N[C@@]3(c3cc(CNCC(F)(F)F)ccc3F)CO2)cn1. The predicted octanol–water partition coefficient (Wildman–Crippen LogP) is 3.25. The van der Waals surface area contributed by atoms with E-state index >= 15 is 0 Å². The average Bonchev–Trinajstić information content (AvgIpc) is 3.14. The maximum absolute atomic E-state index is 15.0. The highest BCUT2D eigenvalue weighted by Gasteiger charge is 2.49. The minimum absolute atomic E-state index is 0.0410. The second kappa shape index (κ2) is 8.44. The second-order valence-electron chi connectivity index (χ2n) is 7.90. The number of amidine groups is 1. The Morgan fingerprint density at radius 3 is 2.90 bits per heavy atom. The molecule has 0 spiro atoms. The molecule has 31 heavy (non-hydrogen) atoms. The first kappa shape index (κ1) is 22.1. The third kappa shape index (κ3) is 4.73. The molecule has 0 radical (unpaired) electrons. The Balaban J connectivity index is 1.62. The molecule has 6 nitrogen and oxygen atoms in total. The average molecular weight is 457 g/mol. The maximum atomic E-state index is 15.0. The molecule has 1 fully saturated rings. The van der Waals surface area contributed by atoms with E-state index in [4.69, 9.17) is 10.5 Å². The molecular weight excluding hydrogens is 434 g/mol. The molecule has 1 aromatic heterocycles. The lowest BCUT2D eigenvalue weighted by Gasteiger charge is -2.46. The predicted molar refractivity (Wildman–Crippen MR) is 110 cm³/mol. The van der Waals surface area contributed by atoms with Gasteiger partial charge in [-0.05, 0) is 24.1 Å². The molecule has 2 aliphatic rings. The van der Waals surface area contributed by atoms with Crippen LogP contribution in [0, 0.1) is 11.7 Å². The van der Waals surface area contributed by atoms with Crippen molar-refractivity contribution in [3.63, 3.8) is 0 Å². The highest BCUT2D eigenvalue weighted by molar-refractivity contribution is 8.13. The van der Waals surface area contributed by atoms with Crippen molar-refractivity contribution in [2.75, 3.05) is 18.9 Å². The summed E-state index contributed by atoms with van der Waals surface area (Å²) in [6.07, 6.45) is -0.269. The van der Waals surface area contributed by atoms with Gasteiger partial charge in [-0.25, -0.2) is 9.38 Å². The van der Waals surface area contributed by atoms with E-state index in [0.29, 0.717) is 28.5 Å². The Bertz CT molecular complexity index is 979. The summed E-state index contributed by atoms with van der Waals surface area (Å²) < 4.78 is 60.2. The number of benzene rings is 1. The molecule has 1 aromatic carbocycles. The zero-order valence-corrected chi connectivity index (χ0v) is 17.6. The fraction of sp³-hybridized carbons (Fsp3) is 0.500. The number of nitrogens with zero attached hydrogens (tertiary/aromatic N) is 3. The topological polar surface area (TPSA) is 77.5 Å². The smallest absolute Gasteiger partial charge is 0.379 e. The molecule has 0 amide bonds. The summed E-state index contributed by atoms with van der Waals surface area (Å²) in [7, 11) is 1.83. The summed E-state index contributed by atoms with van der Waals surface area (Å²) in [5, 5.41) is 6.89. The van der Waals surface area contributed by atoms with Crippen LogP contribution in [-0.2, 0) is 23.9 Å². The molecule has 3 N–H and O–H groups in total. The number of aromatic nitrogens is 2. The Kier molecular flexibility index (Phi) is 6.01. The van der Waals surface area contributed by atoms with Crippen LogP contribution in [0.5, 0.6) is 0 Å². The Morgan fingerprint density at radius 2 is 2.19 bits per heavy atom. The fourth-order valence-corrected chi connectivity index (χ4v) is 5.18. The number of fused-ring (bicyclic) bond motifs is 1. The highest BCUT2D eigenvalue weighted by Crippen LogP contribution is 2.49. The van der Waals surface area contributed by atoms with Gasteiger partial charge in [0.15, 0.2) is 5.17 Å². The van der Waals surface area contributed by atoms with Crippen molar-refractivity contribution < 1.29 is 22.3 Å². The summed E-state index contributed by atoms with van der Waals surface area (Å²) in [6, 6.07) is 4.32.